The average molecular weight is 317 g/mol. The SMILES string of the molecule is Cc1noc2nc(C(C)C)cc(C(=O)NCC3(O)CCCC3)c12. The van der Waals surface area contributed by atoms with E-state index >= 15 is 0 Å². The quantitative estimate of drug-likeness (QED) is 0.905. The van der Waals surface area contributed by atoms with Crippen molar-refractivity contribution in [3.63, 3.8) is 0 Å². The molecule has 0 atom stereocenters. The Morgan fingerprint density at radius 3 is 2.78 bits per heavy atom. The van der Waals surface area contributed by atoms with Gasteiger partial charge in [-0.2, -0.15) is 0 Å². The molecular weight excluding hydrogens is 294 g/mol. The highest BCUT2D eigenvalue weighted by Gasteiger charge is 2.31. The van der Waals surface area contributed by atoms with Crippen molar-refractivity contribution in [2.75, 3.05) is 6.54 Å². The van der Waals surface area contributed by atoms with Crippen LogP contribution in [0.2, 0.25) is 0 Å². The third-order valence-electron chi connectivity index (χ3n) is 4.59. The van der Waals surface area contributed by atoms with Crippen LogP contribution in [0.1, 0.15) is 67.2 Å². The monoisotopic (exact) mass is 317 g/mol. The molecule has 0 aliphatic heterocycles. The van der Waals surface area contributed by atoms with Gasteiger partial charge in [-0.1, -0.05) is 31.8 Å². The Kier molecular flexibility index (Phi) is 4.10. The van der Waals surface area contributed by atoms with Crippen molar-refractivity contribution < 1.29 is 14.4 Å². The molecule has 1 saturated carbocycles. The molecule has 2 heterocycles. The number of fused-ring (bicyclic) bond motifs is 1. The fourth-order valence-electron chi connectivity index (χ4n) is 3.14. The standard InChI is InChI=1S/C17H23N3O3/c1-10(2)13-8-12(14-11(3)20-23-16(14)19-13)15(21)18-9-17(22)6-4-5-7-17/h8,10,22H,4-7,9H2,1-3H3,(H,18,21). The van der Waals surface area contributed by atoms with E-state index in [-0.39, 0.29) is 18.4 Å². The fraction of sp³-hybridized carbons (Fsp3) is 0.588. The Hall–Kier alpha value is -1.95. The molecule has 6 nitrogen and oxygen atoms in total. The highest BCUT2D eigenvalue weighted by Crippen LogP contribution is 2.29. The van der Waals surface area contributed by atoms with Gasteiger partial charge in [-0.15, -0.1) is 0 Å². The normalized spacial score (nSPS) is 17.1. The number of nitrogens with one attached hydrogen (secondary N) is 1. The molecule has 1 aliphatic carbocycles. The van der Waals surface area contributed by atoms with Crippen LogP contribution in [0.3, 0.4) is 0 Å². The van der Waals surface area contributed by atoms with Crippen LogP contribution in [0.25, 0.3) is 11.1 Å². The fourth-order valence-corrected chi connectivity index (χ4v) is 3.14. The van der Waals surface area contributed by atoms with Gasteiger partial charge in [-0.3, -0.25) is 4.79 Å². The van der Waals surface area contributed by atoms with Gasteiger partial charge < -0.3 is 14.9 Å². The summed E-state index contributed by atoms with van der Waals surface area (Å²) in [6, 6.07) is 1.80. The van der Waals surface area contributed by atoms with Gasteiger partial charge in [0.05, 0.1) is 22.2 Å². The molecule has 2 N–H and O–H groups in total. The van der Waals surface area contributed by atoms with E-state index in [9.17, 15) is 9.90 Å². The Morgan fingerprint density at radius 2 is 2.13 bits per heavy atom. The zero-order chi connectivity index (χ0) is 16.6. The summed E-state index contributed by atoms with van der Waals surface area (Å²) >= 11 is 0. The predicted molar refractivity (Wildman–Crippen MR) is 86.4 cm³/mol. The van der Waals surface area contributed by atoms with E-state index in [1.54, 1.807) is 13.0 Å². The van der Waals surface area contributed by atoms with E-state index in [0.717, 1.165) is 31.4 Å². The van der Waals surface area contributed by atoms with Crippen molar-refractivity contribution in [1.82, 2.24) is 15.5 Å². The summed E-state index contributed by atoms with van der Waals surface area (Å²) in [4.78, 5) is 17.1. The summed E-state index contributed by atoms with van der Waals surface area (Å²) in [5, 5.41) is 17.8. The van der Waals surface area contributed by atoms with Crippen molar-refractivity contribution in [3.05, 3.63) is 23.0 Å². The molecule has 0 unspecified atom stereocenters. The van der Waals surface area contributed by atoms with Gasteiger partial charge in [0.2, 0.25) is 0 Å². The second kappa shape index (κ2) is 5.92. The third-order valence-corrected chi connectivity index (χ3v) is 4.59. The minimum Gasteiger partial charge on any atom is -0.388 e. The zero-order valence-electron chi connectivity index (χ0n) is 13.8. The molecule has 0 aromatic carbocycles. The Morgan fingerprint density at radius 1 is 1.43 bits per heavy atom. The highest BCUT2D eigenvalue weighted by molar-refractivity contribution is 6.06. The summed E-state index contributed by atoms with van der Waals surface area (Å²) in [5.74, 6) is -0.0405. The van der Waals surface area contributed by atoms with Crippen LogP contribution in [-0.2, 0) is 0 Å². The first-order valence-electron chi connectivity index (χ1n) is 8.17. The van der Waals surface area contributed by atoms with Gasteiger partial charge in [0.1, 0.15) is 0 Å². The number of pyridine rings is 1. The molecule has 3 rings (SSSR count). The molecule has 1 fully saturated rings. The molecule has 0 spiro atoms. The van der Waals surface area contributed by atoms with Gasteiger partial charge >= 0.3 is 0 Å². The lowest BCUT2D eigenvalue weighted by Gasteiger charge is -2.22. The van der Waals surface area contributed by atoms with E-state index in [0.29, 0.717) is 22.4 Å². The second-order valence-electron chi connectivity index (χ2n) is 6.81. The van der Waals surface area contributed by atoms with Gasteiger partial charge in [0, 0.05) is 12.2 Å². The maximum Gasteiger partial charge on any atom is 0.259 e. The van der Waals surface area contributed by atoms with Crippen molar-refractivity contribution in [3.8, 4) is 0 Å². The van der Waals surface area contributed by atoms with E-state index in [2.05, 4.69) is 15.5 Å². The smallest absolute Gasteiger partial charge is 0.259 e. The molecule has 2 aromatic heterocycles. The number of aliphatic hydroxyl groups is 1. The van der Waals surface area contributed by atoms with Gasteiger partial charge in [-0.25, -0.2) is 4.98 Å². The van der Waals surface area contributed by atoms with Gasteiger partial charge in [0.15, 0.2) is 0 Å². The zero-order valence-corrected chi connectivity index (χ0v) is 13.8. The minimum atomic E-state index is -0.771. The van der Waals surface area contributed by atoms with Crippen LogP contribution in [0.5, 0.6) is 0 Å². The number of hydrogen-bond acceptors (Lipinski definition) is 5. The Labute approximate surface area is 135 Å². The average Bonchev–Trinajstić information content (AvgIpc) is 3.11. The number of hydrogen-bond donors (Lipinski definition) is 2. The topological polar surface area (TPSA) is 88.2 Å². The number of aryl methyl sites for hydroxylation is 1. The minimum absolute atomic E-state index is 0.176. The van der Waals surface area contributed by atoms with E-state index < -0.39 is 5.60 Å². The Balaban J connectivity index is 1.90. The summed E-state index contributed by atoms with van der Waals surface area (Å²) in [6.45, 7) is 6.10. The van der Waals surface area contributed by atoms with Gasteiger partial charge in [0.25, 0.3) is 11.6 Å². The van der Waals surface area contributed by atoms with Crippen LogP contribution in [0.4, 0.5) is 0 Å². The maximum absolute atomic E-state index is 12.7. The first-order valence-corrected chi connectivity index (χ1v) is 8.17. The first-order chi connectivity index (χ1) is 10.9. The number of aromatic nitrogens is 2. The van der Waals surface area contributed by atoms with Crippen molar-refractivity contribution in [2.45, 2.75) is 58.0 Å². The van der Waals surface area contributed by atoms with Crippen molar-refractivity contribution in [1.29, 1.82) is 0 Å². The molecule has 0 radical (unpaired) electrons. The second-order valence-corrected chi connectivity index (χ2v) is 6.81. The summed E-state index contributed by atoms with van der Waals surface area (Å²) in [7, 11) is 0. The van der Waals surface area contributed by atoms with E-state index in [4.69, 9.17) is 4.52 Å². The molecular formula is C17H23N3O3. The van der Waals surface area contributed by atoms with Crippen LogP contribution >= 0.6 is 0 Å². The molecule has 23 heavy (non-hydrogen) atoms. The van der Waals surface area contributed by atoms with Crippen molar-refractivity contribution >= 4 is 17.0 Å². The molecule has 1 amide bonds. The lowest BCUT2D eigenvalue weighted by atomic mass is 10.0. The van der Waals surface area contributed by atoms with E-state index in [1.807, 2.05) is 13.8 Å². The Bertz CT molecular complexity index is 730. The first kappa shape index (κ1) is 15.9. The summed E-state index contributed by atoms with van der Waals surface area (Å²) in [5.41, 5.74) is 1.57. The number of nitrogens with zero attached hydrogens (tertiary/aromatic N) is 2. The molecule has 0 bridgehead atoms. The highest BCUT2D eigenvalue weighted by atomic mass is 16.5. The molecule has 6 heteroatoms. The number of amides is 1. The summed E-state index contributed by atoms with van der Waals surface area (Å²) < 4.78 is 5.24. The van der Waals surface area contributed by atoms with Crippen LogP contribution in [0, 0.1) is 6.92 Å². The van der Waals surface area contributed by atoms with Gasteiger partial charge in [-0.05, 0) is 31.7 Å². The lowest BCUT2D eigenvalue weighted by Crippen LogP contribution is -2.40. The molecule has 2 aromatic rings. The largest absolute Gasteiger partial charge is 0.388 e. The number of carbonyl (C=O) groups excluding carboxylic acids is 1. The molecule has 1 aliphatic rings. The third kappa shape index (κ3) is 3.08. The van der Waals surface area contributed by atoms with Crippen molar-refractivity contribution in [2.24, 2.45) is 0 Å². The van der Waals surface area contributed by atoms with Crippen LogP contribution < -0.4 is 5.32 Å². The maximum atomic E-state index is 12.7. The molecule has 0 saturated heterocycles. The predicted octanol–water partition coefficient (Wildman–Crippen LogP) is 2.69. The van der Waals surface area contributed by atoms with Crippen LogP contribution in [-0.4, -0.2) is 33.3 Å². The number of carbonyl (C=O) groups is 1. The lowest BCUT2D eigenvalue weighted by molar-refractivity contribution is 0.0450. The van der Waals surface area contributed by atoms with E-state index in [1.165, 1.54) is 0 Å². The molecule has 124 valence electrons. The van der Waals surface area contributed by atoms with Crippen LogP contribution in [0.15, 0.2) is 10.6 Å². The number of rotatable bonds is 4. The summed E-state index contributed by atoms with van der Waals surface area (Å²) in [6.07, 6.45) is 3.49.